The van der Waals surface area contributed by atoms with E-state index in [0.29, 0.717) is 23.2 Å². The van der Waals surface area contributed by atoms with Crippen molar-refractivity contribution in [1.29, 1.82) is 0 Å². The molecular formula is C13H13N3O4. The number of piperidine rings is 1. The second-order valence-electron chi connectivity index (χ2n) is 4.84. The highest BCUT2D eigenvalue weighted by Crippen LogP contribution is 2.31. The van der Waals surface area contributed by atoms with E-state index in [1.165, 1.54) is 4.90 Å². The van der Waals surface area contributed by atoms with Crippen LogP contribution in [0.4, 0.5) is 5.69 Å². The van der Waals surface area contributed by atoms with Crippen LogP contribution in [-0.2, 0) is 16.1 Å². The van der Waals surface area contributed by atoms with Crippen molar-refractivity contribution in [1.82, 2.24) is 10.2 Å². The zero-order valence-corrected chi connectivity index (χ0v) is 10.5. The monoisotopic (exact) mass is 275 g/mol. The van der Waals surface area contributed by atoms with Gasteiger partial charge in [-0.1, -0.05) is 6.07 Å². The molecule has 3 N–H and O–H groups in total. The maximum absolute atomic E-state index is 12.3. The van der Waals surface area contributed by atoms with Crippen molar-refractivity contribution >= 4 is 23.4 Å². The van der Waals surface area contributed by atoms with Gasteiger partial charge in [0.05, 0.1) is 5.69 Å². The van der Waals surface area contributed by atoms with Gasteiger partial charge < -0.3 is 4.90 Å². The minimum Gasteiger partial charge on any atom is -0.322 e. The lowest BCUT2D eigenvalue weighted by Gasteiger charge is -2.29. The van der Waals surface area contributed by atoms with Gasteiger partial charge in [-0.25, -0.2) is 0 Å². The zero-order chi connectivity index (χ0) is 14.3. The molecule has 2 aliphatic heterocycles. The summed E-state index contributed by atoms with van der Waals surface area (Å²) in [7, 11) is 0. The summed E-state index contributed by atoms with van der Waals surface area (Å²) >= 11 is 0. The SMILES string of the molecule is O=C1CCC(N2Cc3c(NO)cccc3C2=O)C(=O)N1. The number of rotatable bonds is 2. The third kappa shape index (κ3) is 1.83. The molecule has 3 rings (SSSR count). The van der Waals surface area contributed by atoms with Gasteiger partial charge in [-0.05, 0) is 18.6 Å². The number of nitrogens with one attached hydrogen (secondary N) is 2. The maximum Gasteiger partial charge on any atom is 0.255 e. The van der Waals surface area contributed by atoms with Crippen molar-refractivity contribution in [3.63, 3.8) is 0 Å². The standard InChI is InChI=1S/C13H13N3O4/c17-11-5-4-10(12(18)14-11)16-6-8-7(13(16)19)2-1-3-9(8)15-20/h1-3,10,15,20H,4-6H2,(H,14,17,18). The number of fused-ring (bicyclic) bond motifs is 1. The van der Waals surface area contributed by atoms with Crippen LogP contribution in [0.3, 0.4) is 0 Å². The highest BCUT2D eigenvalue weighted by atomic mass is 16.5. The number of imide groups is 1. The predicted molar refractivity (Wildman–Crippen MR) is 67.9 cm³/mol. The summed E-state index contributed by atoms with van der Waals surface area (Å²) in [5.41, 5.74) is 3.63. The summed E-state index contributed by atoms with van der Waals surface area (Å²) in [5.74, 6) is -1.01. The first-order valence-electron chi connectivity index (χ1n) is 6.28. The smallest absolute Gasteiger partial charge is 0.255 e. The first-order valence-corrected chi connectivity index (χ1v) is 6.28. The molecule has 0 radical (unpaired) electrons. The summed E-state index contributed by atoms with van der Waals surface area (Å²) in [6, 6.07) is 4.33. The summed E-state index contributed by atoms with van der Waals surface area (Å²) in [4.78, 5) is 36.8. The van der Waals surface area contributed by atoms with E-state index in [0.717, 1.165) is 0 Å². The van der Waals surface area contributed by atoms with Crippen LogP contribution in [0.1, 0.15) is 28.8 Å². The Balaban J connectivity index is 1.90. The molecule has 20 heavy (non-hydrogen) atoms. The molecule has 3 amide bonds. The van der Waals surface area contributed by atoms with Gasteiger partial charge in [-0.15, -0.1) is 0 Å². The highest BCUT2D eigenvalue weighted by Gasteiger charge is 2.39. The number of carbonyl (C=O) groups is 3. The molecule has 0 bridgehead atoms. The van der Waals surface area contributed by atoms with E-state index in [1.807, 2.05) is 0 Å². The molecule has 1 saturated heterocycles. The molecule has 0 aliphatic carbocycles. The number of hydrogen-bond acceptors (Lipinski definition) is 5. The van der Waals surface area contributed by atoms with Gasteiger partial charge in [0.15, 0.2) is 0 Å². The van der Waals surface area contributed by atoms with Crippen LogP contribution in [0.15, 0.2) is 18.2 Å². The molecule has 7 heteroatoms. The van der Waals surface area contributed by atoms with E-state index in [-0.39, 0.29) is 24.8 Å². The minimum atomic E-state index is -0.640. The molecule has 1 atom stereocenters. The number of hydrogen-bond donors (Lipinski definition) is 3. The lowest BCUT2D eigenvalue weighted by atomic mass is 10.0. The largest absolute Gasteiger partial charge is 0.322 e. The maximum atomic E-state index is 12.3. The molecule has 7 nitrogen and oxygen atoms in total. The van der Waals surface area contributed by atoms with E-state index in [9.17, 15) is 14.4 Å². The van der Waals surface area contributed by atoms with Crippen LogP contribution in [0.25, 0.3) is 0 Å². The van der Waals surface area contributed by atoms with Crippen molar-refractivity contribution in [3.05, 3.63) is 29.3 Å². The number of carbonyl (C=O) groups excluding carboxylic acids is 3. The Bertz CT molecular complexity index is 614. The van der Waals surface area contributed by atoms with Gasteiger partial charge >= 0.3 is 0 Å². The van der Waals surface area contributed by atoms with Crippen LogP contribution < -0.4 is 10.8 Å². The van der Waals surface area contributed by atoms with Crippen molar-refractivity contribution in [3.8, 4) is 0 Å². The van der Waals surface area contributed by atoms with Gasteiger partial charge in [0, 0.05) is 24.1 Å². The van der Waals surface area contributed by atoms with E-state index >= 15 is 0 Å². The molecule has 104 valence electrons. The third-order valence-corrected chi connectivity index (χ3v) is 3.70. The molecule has 0 spiro atoms. The van der Waals surface area contributed by atoms with Gasteiger partial charge in [-0.2, -0.15) is 0 Å². The first kappa shape index (κ1) is 12.6. The summed E-state index contributed by atoms with van der Waals surface area (Å²) in [5, 5.41) is 11.3. The third-order valence-electron chi connectivity index (χ3n) is 3.70. The lowest BCUT2D eigenvalue weighted by Crippen LogP contribution is -2.52. The number of benzene rings is 1. The molecule has 0 aromatic heterocycles. The Morgan fingerprint density at radius 3 is 2.80 bits per heavy atom. The Morgan fingerprint density at radius 2 is 2.10 bits per heavy atom. The average Bonchev–Trinajstić information content (AvgIpc) is 2.76. The topological polar surface area (TPSA) is 98.7 Å². The van der Waals surface area contributed by atoms with Gasteiger partial charge in [0.25, 0.3) is 5.91 Å². The van der Waals surface area contributed by atoms with Gasteiger partial charge in [0.2, 0.25) is 11.8 Å². The Kier molecular flexibility index (Phi) is 2.90. The van der Waals surface area contributed by atoms with E-state index < -0.39 is 11.9 Å². The second kappa shape index (κ2) is 4.61. The normalized spacial score (nSPS) is 21.8. The Labute approximate surface area is 114 Å². The molecule has 1 fully saturated rings. The Hall–Kier alpha value is -2.41. The number of amides is 3. The molecular weight excluding hydrogens is 262 g/mol. The van der Waals surface area contributed by atoms with Crippen LogP contribution in [0.5, 0.6) is 0 Å². The van der Waals surface area contributed by atoms with Gasteiger partial charge in [0.1, 0.15) is 6.04 Å². The highest BCUT2D eigenvalue weighted by molar-refractivity contribution is 6.06. The number of anilines is 1. The molecule has 2 aliphatic rings. The first-order chi connectivity index (χ1) is 9.61. The van der Waals surface area contributed by atoms with E-state index in [4.69, 9.17) is 5.21 Å². The fraction of sp³-hybridized carbons (Fsp3) is 0.308. The second-order valence-corrected chi connectivity index (χ2v) is 4.84. The van der Waals surface area contributed by atoms with Crippen LogP contribution >= 0.6 is 0 Å². The summed E-state index contributed by atoms with van der Waals surface area (Å²) < 4.78 is 0. The van der Waals surface area contributed by atoms with E-state index in [2.05, 4.69) is 10.8 Å². The number of nitrogens with zero attached hydrogens (tertiary/aromatic N) is 1. The van der Waals surface area contributed by atoms with E-state index in [1.54, 1.807) is 18.2 Å². The van der Waals surface area contributed by atoms with Crippen LogP contribution in [0, 0.1) is 0 Å². The van der Waals surface area contributed by atoms with Crippen LogP contribution in [0.2, 0.25) is 0 Å². The van der Waals surface area contributed by atoms with Crippen molar-refractivity contribution in [2.75, 3.05) is 5.48 Å². The quantitative estimate of drug-likeness (QED) is 0.531. The molecule has 2 heterocycles. The van der Waals surface area contributed by atoms with Crippen LogP contribution in [-0.4, -0.2) is 33.9 Å². The predicted octanol–water partition coefficient (Wildman–Crippen LogP) is 0.249. The summed E-state index contributed by atoms with van der Waals surface area (Å²) in [6.45, 7) is 0.240. The van der Waals surface area contributed by atoms with Crippen molar-refractivity contribution in [2.45, 2.75) is 25.4 Å². The lowest BCUT2D eigenvalue weighted by molar-refractivity contribution is -0.136. The summed E-state index contributed by atoms with van der Waals surface area (Å²) in [6.07, 6.45) is 0.550. The molecule has 1 aromatic rings. The minimum absolute atomic E-state index is 0.224. The van der Waals surface area contributed by atoms with Crippen molar-refractivity contribution < 1.29 is 19.6 Å². The average molecular weight is 275 g/mol. The van der Waals surface area contributed by atoms with Crippen molar-refractivity contribution in [2.24, 2.45) is 0 Å². The molecule has 1 aromatic carbocycles. The zero-order valence-electron chi connectivity index (χ0n) is 10.5. The molecule has 0 saturated carbocycles. The Morgan fingerprint density at radius 1 is 1.30 bits per heavy atom. The fourth-order valence-electron chi connectivity index (χ4n) is 2.69. The molecule has 1 unspecified atom stereocenters. The van der Waals surface area contributed by atoms with Gasteiger partial charge in [-0.3, -0.25) is 30.4 Å². The fourth-order valence-corrected chi connectivity index (χ4v) is 2.69.